The normalized spacial score (nSPS) is 11.8. The maximum absolute atomic E-state index is 13.5. The van der Waals surface area contributed by atoms with E-state index in [1.54, 1.807) is 0 Å². The van der Waals surface area contributed by atoms with Gasteiger partial charge in [-0.05, 0) is 38.5 Å². The molecular weight excluding hydrogens is 293 g/mol. The number of hydrogen-bond donors (Lipinski definition) is 1. The third kappa shape index (κ3) is 3.89. The van der Waals surface area contributed by atoms with Gasteiger partial charge in [-0.25, -0.2) is 17.5 Å². The van der Waals surface area contributed by atoms with Crippen molar-refractivity contribution in [2.75, 3.05) is 6.54 Å². The molecule has 0 aliphatic heterocycles. The Morgan fingerprint density at radius 2 is 2.00 bits per heavy atom. The predicted molar refractivity (Wildman–Crippen MR) is 77.9 cm³/mol. The molecule has 0 aliphatic rings. The fourth-order valence-corrected chi connectivity index (χ4v) is 3.23. The molecule has 0 saturated carbocycles. The zero-order valence-corrected chi connectivity index (χ0v) is 12.8. The molecule has 2 rings (SSSR count). The second-order valence-electron chi connectivity index (χ2n) is 4.83. The molecule has 1 aromatic heterocycles. The number of sulfonamides is 1. The van der Waals surface area contributed by atoms with Crippen molar-refractivity contribution >= 4 is 10.0 Å². The molecule has 0 amide bonds. The van der Waals surface area contributed by atoms with Gasteiger partial charge in [-0.2, -0.15) is 5.10 Å². The highest BCUT2D eigenvalue weighted by Gasteiger charge is 2.17. The molecule has 7 heteroatoms. The van der Waals surface area contributed by atoms with Crippen LogP contribution in [0.5, 0.6) is 0 Å². The van der Waals surface area contributed by atoms with Crippen molar-refractivity contribution in [3.05, 3.63) is 47.5 Å². The Morgan fingerprint density at radius 1 is 1.29 bits per heavy atom. The van der Waals surface area contributed by atoms with Crippen molar-refractivity contribution in [1.82, 2.24) is 14.5 Å². The van der Waals surface area contributed by atoms with Gasteiger partial charge in [0.1, 0.15) is 10.7 Å². The fraction of sp³-hybridized carbons (Fsp3) is 0.357. The minimum Gasteiger partial charge on any atom is -0.270 e. The second kappa shape index (κ2) is 6.36. The Kier molecular flexibility index (Phi) is 4.74. The van der Waals surface area contributed by atoms with E-state index in [0.717, 1.165) is 17.5 Å². The molecule has 0 fully saturated rings. The van der Waals surface area contributed by atoms with Crippen LogP contribution in [0.1, 0.15) is 17.8 Å². The Balaban J connectivity index is 1.91. The monoisotopic (exact) mass is 311 g/mol. The Morgan fingerprint density at radius 3 is 2.62 bits per heavy atom. The number of nitrogens with one attached hydrogen (secondary N) is 1. The van der Waals surface area contributed by atoms with Crippen LogP contribution >= 0.6 is 0 Å². The first kappa shape index (κ1) is 15.7. The summed E-state index contributed by atoms with van der Waals surface area (Å²) in [5.41, 5.74) is 1.96. The molecular formula is C14H18FN3O2S. The van der Waals surface area contributed by atoms with Crippen molar-refractivity contribution in [3.8, 4) is 0 Å². The molecule has 0 unspecified atom stereocenters. The lowest BCUT2D eigenvalue weighted by Crippen LogP contribution is -2.26. The molecule has 2 aromatic rings. The maximum atomic E-state index is 13.5. The summed E-state index contributed by atoms with van der Waals surface area (Å²) in [6.07, 6.45) is 0.579. The van der Waals surface area contributed by atoms with Crippen molar-refractivity contribution in [2.24, 2.45) is 0 Å². The van der Waals surface area contributed by atoms with Gasteiger partial charge >= 0.3 is 0 Å². The fourth-order valence-electron chi connectivity index (χ4n) is 2.08. The second-order valence-corrected chi connectivity index (χ2v) is 6.57. The molecule has 0 atom stereocenters. The van der Waals surface area contributed by atoms with Gasteiger partial charge < -0.3 is 0 Å². The Hall–Kier alpha value is -1.73. The van der Waals surface area contributed by atoms with Crippen LogP contribution in [0.3, 0.4) is 0 Å². The van der Waals surface area contributed by atoms with Crippen LogP contribution in [-0.4, -0.2) is 24.7 Å². The van der Waals surface area contributed by atoms with Crippen LogP contribution in [0, 0.1) is 19.7 Å². The Labute approximate surface area is 123 Å². The summed E-state index contributed by atoms with van der Waals surface area (Å²) in [7, 11) is -3.80. The minimum absolute atomic E-state index is 0.231. The molecule has 0 radical (unpaired) electrons. The van der Waals surface area contributed by atoms with Crippen molar-refractivity contribution in [3.63, 3.8) is 0 Å². The van der Waals surface area contributed by atoms with Gasteiger partial charge in [0, 0.05) is 18.8 Å². The van der Waals surface area contributed by atoms with E-state index in [2.05, 4.69) is 9.82 Å². The third-order valence-corrected chi connectivity index (χ3v) is 4.56. The summed E-state index contributed by atoms with van der Waals surface area (Å²) in [6.45, 7) is 4.70. The van der Waals surface area contributed by atoms with Gasteiger partial charge in [0.05, 0.1) is 5.69 Å². The van der Waals surface area contributed by atoms with E-state index in [9.17, 15) is 12.8 Å². The van der Waals surface area contributed by atoms with Crippen LogP contribution < -0.4 is 4.72 Å². The van der Waals surface area contributed by atoms with Gasteiger partial charge in [0.15, 0.2) is 0 Å². The molecule has 0 aliphatic carbocycles. The quantitative estimate of drug-likeness (QED) is 0.830. The maximum Gasteiger partial charge on any atom is 0.243 e. The summed E-state index contributed by atoms with van der Waals surface area (Å²) in [5.74, 6) is -0.747. The summed E-state index contributed by atoms with van der Waals surface area (Å²) in [6, 6.07) is 7.29. The number of hydrogen-bond acceptors (Lipinski definition) is 3. The van der Waals surface area contributed by atoms with E-state index < -0.39 is 15.8 Å². The van der Waals surface area contributed by atoms with Gasteiger partial charge in [-0.1, -0.05) is 12.1 Å². The van der Waals surface area contributed by atoms with E-state index >= 15 is 0 Å². The lowest BCUT2D eigenvalue weighted by atomic mass is 10.3. The highest BCUT2D eigenvalue weighted by atomic mass is 32.2. The van der Waals surface area contributed by atoms with E-state index in [-0.39, 0.29) is 11.4 Å². The standard InChI is InChI=1S/C14H18FN3O2S/c1-11-10-12(2)18(17-11)9-5-8-16-21(19,20)14-7-4-3-6-13(14)15/h3-4,6-7,10,16H,5,8-9H2,1-2H3. The molecule has 1 N–H and O–H groups in total. The lowest BCUT2D eigenvalue weighted by molar-refractivity contribution is 0.536. The van der Waals surface area contributed by atoms with E-state index in [1.165, 1.54) is 18.2 Å². The topological polar surface area (TPSA) is 64.0 Å². The number of halogens is 1. The lowest BCUT2D eigenvalue weighted by Gasteiger charge is -2.08. The third-order valence-electron chi connectivity index (χ3n) is 3.07. The van der Waals surface area contributed by atoms with Crippen LogP contribution in [0.25, 0.3) is 0 Å². The van der Waals surface area contributed by atoms with Crippen LogP contribution in [-0.2, 0) is 16.6 Å². The van der Waals surface area contributed by atoms with Crippen LogP contribution in [0.2, 0.25) is 0 Å². The molecule has 1 heterocycles. The zero-order chi connectivity index (χ0) is 15.5. The van der Waals surface area contributed by atoms with Gasteiger partial charge in [-0.3, -0.25) is 4.68 Å². The van der Waals surface area contributed by atoms with Gasteiger partial charge in [-0.15, -0.1) is 0 Å². The predicted octanol–water partition coefficient (Wildman–Crippen LogP) is 2.01. The molecule has 1 aromatic carbocycles. The molecule has 114 valence electrons. The van der Waals surface area contributed by atoms with Gasteiger partial charge in [0.25, 0.3) is 0 Å². The first-order valence-electron chi connectivity index (χ1n) is 6.65. The van der Waals surface area contributed by atoms with Crippen molar-refractivity contribution < 1.29 is 12.8 Å². The molecule has 21 heavy (non-hydrogen) atoms. The number of aromatic nitrogens is 2. The first-order chi connectivity index (χ1) is 9.90. The van der Waals surface area contributed by atoms with E-state index in [1.807, 2.05) is 24.6 Å². The average molecular weight is 311 g/mol. The minimum atomic E-state index is -3.80. The number of aryl methyl sites for hydroxylation is 3. The molecule has 0 bridgehead atoms. The van der Waals surface area contributed by atoms with Crippen molar-refractivity contribution in [1.29, 1.82) is 0 Å². The number of benzene rings is 1. The smallest absolute Gasteiger partial charge is 0.243 e. The highest BCUT2D eigenvalue weighted by molar-refractivity contribution is 7.89. The van der Waals surface area contributed by atoms with Crippen molar-refractivity contribution in [2.45, 2.75) is 31.7 Å². The summed E-state index contributed by atoms with van der Waals surface area (Å²) < 4.78 is 41.6. The first-order valence-corrected chi connectivity index (χ1v) is 8.14. The zero-order valence-electron chi connectivity index (χ0n) is 12.0. The SMILES string of the molecule is Cc1cc(C)n(CCCNS(=O)(=O)c2ccccc2F)n1. The molecule has 0 saturated heterocycles. The molecule has 5 nitrogen and oxygen atoms in total. The largest absolute Gasteiger partial charge is 0.270 e. The number of nitrogens with zero attached hydrogens (tertiary/aromatic N) is 2. The number of rotatable bonds is 6. The summed E-state index contributed by atoms with van der Waals surface area (Å²) in [5, 5.41) is 4.30. The average Bonchev–Trinajstić information content (AvgIpc) is 2.73. The summed E-state index contributed by atoms with van der Waals surface area (Å²) >= 11 is 0. The van der Waals surface area contributed by atoms with Crippen LogP contribution in [0.4, 0.5) is 4.39 Å². The van der Waals surface area contributed by atoms with Crippen LogP contribution in [0.15, 0.2) is 35.2 Å². The van der Waals surface area contributed by atoms with E-state index in [4.69, 9.17) is 0 Å². The van der Waals surface area contributed by atoms with Gasteiger partial charge in [0.2, 0.25) is 10.0 Å². The molecule has 0 spiro atoms. The highest BCUT2D eigenvalue weighted by Crippen LogP contribution is 2.13. The summed E-state index contributed by atoms with van der Waals surface area (Å²) in [4.78, 5) is -0.323. The van der Waals surface area contributed by atoms with E-state index in [0.29, 0.717) is 13.0 Å². The Bertz CT molecular complexity index is 726.